The molecule has 0 bridgehead atoms. The molecule has 3 N–H and O–H groups in total. The van der Waals surface area contributed by atoms with Crippen LogP contribution in [0, 0.1) is 5.92 Å². The summed E-state index contributed by atoms with van der Waals surface area (Å²) in [5.41, 5.74) is 2.06. The van der Waals surface area contributed by atoms with E-state index in [4.69, 9.17) is 19.8 Å². The fourth-order valence-corrected chi connectivity index (χ4v) is 3.93. The molecule has 2 aliphatic heterocycles. The highest BCUT2D eigenvalue weighted by Crippen LogP contribution is 2.22. The maximum atomic E-state index is 9.11. The van der Waals surface area contributed by atoms with Crippen LogP contribution in [-0.4, -0.2) is 85.5 Å². The lowest BCUT2D eigenvalue weighted by atomic mass is 9.91. The lowest BCUT2D eigenvalue weighted by Crippen LogP contribution is -2.46. The van der Waals surface area contributed by atoms with Crippen LogP contribution in [0.15, 0.2) is 0 Å². The van der Waals surface area contributed by atoms with Gasteiger partial charge in [-0.1, -0.05) is 52.4 Å². The number of hydrogen-bond acceptors (Lipinski definition) is 7. The third-order valence-corrected chi connectivity index (χ3v) is 5.43. The summed E-state index contributed by atoms with van der Waals surface area (Å²) >= 11 is 0. The van der Waals surface area contributed by atoms with E-state index in [1.165, 1.54) is 44.9 Å². The van der Waals surface area contributed by atoms with E-state index < -0.39 is 0 Å². The van der Waals surface area contributed by atoms with Gasteiger partial charge in [-0.2, -0.15) is 0 Å². The molecule has 0 spiro atoms. The molecule has 27 heavy (non-hydrogen) atoms. The van der Waals surface area contributed by atoms with Gasteiger partial charge in [-0.05, 0) is 12.3 Å². The predicted octanol–water partition coefficient (Wildman–Crippen LogP) is 2.28. The van der Waals surface area contributed by atoms with E-state index in [2.05, 4.69) is 24.3 Å². The predicted molar refractivity (Wildman–Crippen MR) is 108 cm³/mol. The van der Waals surface area contributed by atoms with Crippen molar-refractivity contribution in [1.29, 1.82) is 0 Å². The normalized spacial score (nSPS) is 21.9. The number of aliphatic hydroxyl groups is 1. The topological polar surface area (TPSA) is 77.4 Å². The first kappa shape index (κ1) is 24.8. The van der Waals surface area contributed by atoms with Crippen molar-refractivity contribution in [2.24, 2.45) is 5.92 Å². The van der Waals surface area contributed by atoms with Crippen molar-refractivity contribution in [3.8, 4) is 0 Å². The van der Waals surface area contributed by atoms with Crippen LogP contribution in [0.3, 0.4) is 0 Å². The van der Waals surface area contributed by atoms with E-state index >= 15 is 0 Å². The van der Waals surface area contributed by atoms with E-state index in [-0.39, 0.29) is 6.61 Å². The van der Waals surface area contributed by atoms with Gasteiger partial charge in [-0.25, -0.2) is 5.01 Å². The molecule has 0 aromatic rings. The molecule has 0 aliphatic carbocycles. The molecule has 0 aromatic carbocycles. The Morgan fingerprint density at radius 2 is 1.67 bits per heavy atom. The molecule has 0 saturated carbocycles. The van der Waals surface area contributed by atoms with Crippen LogP contribution in [0.2, 0.25) is 0 Å². The minimum atomic E-state index is 0.269. The summed E-state index contributed by atoms with van der Waals surface area (Å²) in [5, 5.41) is 19.1. The zero-order valence-electron chi connectivity index (χ0n) is 17.6. The minimum absolute atomic E-state index is 0.269. The minimum Gasteiger partial charge on any atom is -0.395 e. The van der Waals surface area contributed by atoms with Gasteiger partial charge >= 0.3 is 0 Å². The number of ether oxygens (including phenoxy) is 2. The average Bonchev–Trinajstić information content (AvgIpc) is 2.71. The van der Waals surface area contributed by atoms with Crippen molar-refractivity contribution in [3.63, 3.8) is 0 Å². The lowest BCUT2D eigenvalue weighted by molar-refractivity contribution is -0.0758. The van der Waals surface area contributed by atoms with Crippen molar-refractivity contribution in [3.05, 3.63) is 0 Å². The molecule has 0 aromatic heterocycles. The smallest absolute Gasteiger partial charge is 0.0622 e. The molecule has 1 atom stereocenters. The van der Waals surface area contributed by atoms with Crippen molar-refractivity contribution < 1.29 is 19.8 Å². The van der Waals surface area contributed by atoms with Gasteiger partial charge in [-0.15, -0.1) is 5.59 Å². The van der Waals surface area contributed by atoms with E-state index in [0.29, 0.717) is 19.3 Å². The molecule has 7 heteroatoms. The summed E-state index contributed by atoms with van der Waals surface area (Å²) in [5.74, 6) is 0.922. The van der Waals surface area contributed by atoms with Crippen LogP contribution < -0.4 is 5.59 Å². The largest absolute Gasteiger partial charge is 0.395 e. The molecule has 2 fully saturated rings. The molecule has 7 nitrogen and oxygen atoms in total. The number of morpholine rings is 2. The van der Waals surface area contributed by atoms with Gasteiger partial charge in [0.2, 0.25) is 0 Å². The third kappa shape index (κ3) is 11.3. The zero-order chi connectivity index (χ0) is 19.7. The van der Waals surface area contributed by atoms with Gasteiger partial charge in [0, 0.05) is 32.2 Å². The Labute approximate surface area is 165 Å². The Balaban J connectivity index is 0.000000377. The highest BCUT2D eigenvalue weighted by Gasteiger charge is 2.22. The van der Waals surface area contributed by atoms with E-state index in [0.717, 1.165) is 45.3 Å². The summed E-state index contributed by atoms with van der Waals surface area (Å²) in [4.78, 5) is 2.40. The van der Waals surface area contributed by atoms with Crippen LogP contribution in [0.1, 0.15) is 58.8 Å². The van der Waals surface area contributed by atoms with Crippen molar-refractivity contribution in [1.82, 2.24) is 15.5 Å². The van der Waals surface area contributed by atoms with Gasteiger partial charge in [0.25, 0.3) is 0 Å². The monoisotopic (exact) mass is 389 g/mol. The van der Waals surface area contributed by atoms with Crippen molar-refractivity contribution in [2.45, 2.75) is 64.8 Å². The summed E-state index contributed by atoms with van der Waals surface area (Å²) in [7, 11) is 0. The Morgan fingerprint density at radius 3 is 2.22 bits per heavy atom. The summed E-state index contributed by atoms with van der Waals surface area (Å²) in [6.07, 6.45) is 9.29. The Kier molecular flexibility index (Phi) is 15.3. The number of rotatable bonds is 11. The van der Waals surface area contributed by atoms with Gasteiger partial charge in [0.1, 0.15) is 0 Å². The van der Waals surface area contributed by atoms with Crippen molar-refractivity contribution >= 4 is 0 Å². The quantitative estimate of drug-likeness (QED) is 0.468. The maximum Gasteiger partial charge on any atom is 0.0622 e. The molecule has 2 saturated heterocycles. The van der Waals surface area contributed by atoms with Gasteiger partial charge in [-0.3, -0.25) is 4.90 Å². The summed E-state index contributed by atoms with van der Waals surface area (Å²) < 4.78 is 10.6. The van der Waals surface area contributed by atoms with Gasteiger partial charge in [0.15, 0.2) is 0 Å². The molecule has 0 radical (unpaired) electrons. The summed E-state index contributed by atoms with van der Waals surface area (Å²) in [6.45, 7) is 11.2. The SMILES string of the molecule is CCCC(CCC)CCCC1COCCN1CCO.ONN1CCOCC1. The maximum absolute atomic E-state index is 9.11. The molecular weight excluding hydrogens is 346 g/mol. The number of nitrogens with zero attached hydrogens (tertiary/aromatic N) is 2. The van der Waals surface area contributed by atoms with Crippen molar-refractivity contribution in [2.75, 3.05) is 59.2 Å². The zero-order valence-corrected chi connectivity index (χ0v) is 17.6. The third-order valence-electron chi connectivity index (χ3n) is 5.43. The molecule has 0 amide bonds. The van der Waals surface area contributed by atoms with Crippen LogP contribution in [0.5, 0.6) is 0 Å². The second kappa shape index (κ2) is 16.7. The first-order valence-corrected chi connectivity index (χ1v) is 10.9. The lowest BCUT2D eigenvalue weighted by Gasteiger charge is -2.35. The van der Waals surface area contributed by atoms with E-state index in [1.54, 1.807) is 5.01 Å². The number of aliphatic hydroxyl groups excluding tert-OH is 1. The second-order valence-electron chi connectivity index (χ2n) is 7.56. The highest BCUT2D eigenvalue weighted by atomic mass is 16.5. The standard InChI is InChI=1S/C16H33NO2.C4H10N2O2/c1-3-6-15(7-4-2)8-5-9-16-14-19-13-11-17(16)10-12-18;7-5-6-1-3-8-4-2-6/h15-16,18H,3-14H2,1-2H3;5,7H,1-4H2. The fraction of sp³-hybridized carbons (Fsp3) is 1.00. The van der Waals surface area contributed by atoms with E-state index in [1.807, 2.05) is 0 Å². The van der Waals surface area contributed by atoms with Crippen LogP contribution in [-0.2, 0) is 9.47 Å². The first-order valence-electron chi connectivity index (χ1n) is 10.9. The number of nitrogens with one attached hydrogen (secondary N) is 1. The Morgan fingerprint density at radius 1 is 1.00 bits per heavy atom. The molecule has 2 heterocycles. The van der Waals surface area contributed by atoms with Gasteiger partial charge in [0.05, 0.1) is 33.0 Å². The number of β-amino-alcohol motifs (C(OH)–C–C–N with tert-alkyl or cyclic N) is 1. The van der Waals surface area contributed by atoms with Crippen LogP contribution in [0.4, 0.5) is 0 Å². The Bertz CT molecular complexity index is 322. The average molecular weight is 390 g/mol. The van der Waals surface area contributed by atoms with Crippen LogP contribution >= 0.6 is 0 Å². The molecule has 2 rings (SSSR count). The summed E-state index contributed by atoms with van der Waals surface area (Å²) in [6, 6.07) is 0.532. The molecule has 1 unspecified atom stereocenters. The van der Waals surface area contributed by atoms with Gasteiger partial charge < -0.3 is 19.8 Å². The molecule has 162 valence electrons. The number of hydrogen-bond donors (Lipinski definition) is 3. The molecular formula is C20H43N3O4. The fourth-order valence-electron chi connectivity index (χ4n) is 3.93. The van der Waals surface area contributed by atoms with Crippen LogP contribution in [0.25, 0.3) is 0 Å². The first-order chi connectivity index (χ1) is 13.2. The Hall–Kier alpha value is -0.280. The number of hydrazine groups is 1. The second-order valence-corrected chi connectivity index (χ2v) is 7.56. The molecule has 2 aliphatic rings. The van der Waals surface area contributed by atoms with E-state index in [9.17, 15) is 0 Å². The highest BCUT2D eigenvalue weighted by molar-refractivity contribution is 4.75.